The molecule has 0 aliphatic carbocycles. The number of hydrogen-bond acceptors (Lipinski definition) is 8. The molecule has 3 heterocycles. The third kappa shape index (κ3) is 4.56. The Morgan fingerprint density at radius 2 is 2.03 bits per heavy atom. The Labute approximate surface area is 187 Å². The van der Waals surface area contributed by atoms with Crippen molar-refractivity contribution in [3.05, 3.63) is 50.7 Å². The van der Waals surface area contributed by atoms with E-state index in [0.717, 1.165) is 11.3 Å². The van der Waals surface area contributed by atoms with Crippen molar-refractivity contribution in [3.8, 4) is 0 Å². The number of rotatable bonds is 7. The second-order valence-corrected chi connectivity index (χ2v) is 8.03. The molecular formula is C21H25N7O5. The summed E-state index contributed by atoms with van der Waals surface area (Å²) < 4.78 is 8.06. The number of nitrogens with one attached hydrogen (secondary N) is 3. The van der Waals surface area contributed by atoms with Crippen molar-refractivity contribution >= 4 is 34.4 Å². The van der Waals surface area contributed by atoms with Crippen molar-refractivity contribution in [2.75, 3.05) is 17.3 Å². The van der Waals surface area contributed by atoms with Crippen LogP contribution < -0.4 is 22.0 Å². The molecule has 0 spiro atoms. The minimum absolute atomic E-state index is 0.0359. The topological polar surface area (TPSA) is 156 Å². The number of benzene rings is 1. The van der Waals surface area contributed by atoms with Crippen molar-refractivity contribution in [2.24, 2.45) is 12.1 Å². The summed E-state index contributed by atoms with van der Waals surface area (Å²) in [6, 6.07) is 7.40. The van der Waals surface area contributed by atoms with Crippen molar-refractivity contribution in [1.82, 2.24) is 19.1 Å². The number of aromatic nitrogens is 4. The van der Waals surface area contributed by atoms with Crippen LogP contribution in [-0.4, -0.2) is 54.6 Å². The number of H-pyrrole nitrogens is 1. The van der Waals surface area contributed by atoms with E-state index in [1.54, 1.807) is 0 Å². The number of nitrogens with zero attached hydrogens (tertiary/aromatic N) is 4. The molecular weight excluding hydrogens is 430 g/mol. The summed E-state index contributed by atoms with van der Waals surface area (Å²) in [5.74, 6) is -0.265. The lowest BCUT2D eigenvalue weighted by Crippen LogP contribution is -2.31. The molecule has 1 atom stereocenters. The minimum atomic E-state index is -0.959. The van der Waals surface area contributed by atoms with Gasteiger partial charge in [0.05, 0.1) is 25.4 Å². The molecule has 12 nitrogen and oxygen atoms in total. The lowest BCUT2D eigenvalue weighted by Gasteiger charge is -2.18. The molecule has 4 N–H and O–H groups in total. The van der Waals surface area contributed by atoms with Gasteiger partial charge in [0, 0.05) is 19.2 Å². The van der Waals surface area contributed by atoms with E-state index >= 15 is 0 Å². The maximum atomic E-state index is 12.6. The van der Waals surface area contributed by atoms with Gasteiger partial charge in [0.1, 0.15) is 5.71 Å². The second kappa shape index (κ2) is 9.00. The highest BCUT2D eigenvalue weighted by Crippen LogP contribution is 2.21. The third-order valence-corrected chi connectivity index (χ3v) is 5.20. The SMILES string of the molecule is CC(C)OCC(O)Cn1c(NN=C2Cc3ccccc3NC2=O)nc2c1c(=O)[nH]c(=O)n2C. The van der Waals surface area contributed by atoms with Gasteiger partial charge < -0.3 is 19.7 Å². The molecule has 0 fully saturated rings. The van der Waals surface area contributed by atoms with Gasteiger partial charge in [-0.3, -0.25) is 19.1 Å². The van der Waals surface area contributed by atoms with Crippen LogP contribution in [0.1, 0.15) is 19.4 Å². The molecule has 1 aliphatic rings. The summed E-state index contributed by atoms with van der Waals surface area (Å²) >= 11 is 0. The first kappa shape index (κ1) is 22.4. The Morgan fingerprint density at radius 1 is 1.27 bits per heavy atom. The number of aryl methyl sites for hydroxylation is 1. The van der Waals surface area contributed by atoms with Gasteiger partial charge in [-0.1, -0.05) is 18.2 Å². The zero-order valence-corrected chi connectivity index (χ0v) is 18.5. The fraction of sp³-hybridized carbons (Fsp3) is 0.381. The maximum Gasteiger partial charge on any atom is 0.329 e. The standard InChI is InChI=1S/C21H25N7O5/c1-11(2)33-10-13(29)9-28-16-17(27(3)21(32)24-19(16)31)23-20(28)26-25-15-8-12-6-4-5-7-14(12)22-18(15)30/h4-7,11,13,29H,8-10H2,1-3H3,(H,22,30)(H,23,26)(H,24,31,32). The summed E-state index contributed by atoms with van der Waals surface area (Å²) in [6.45, 7) is 3.67. The third-order valence-electron chi connectivity index (χ3n) is 5.20. The Morgan fingerprint density at radius 3 is 2.79 bits per heavy atom. The average Bonchev–Trinajstić information content (AvgIpc) is 3.13. The summed E-state index contributed by atoms with van der Waals surface area (Å²) in [5, 5.41) is 17.4. The van der Waals surface area contributed by atoms with E-state index in [1.807, 2.05) is 38.1 Å². The zero-order valence-electron chi connectivity index (χ0n) is 18.5. The lowest BCUT2D eigenvalue weighted by atomic mass is 10.0. The van der Waals surface area contributed by atoms with Gasteiger partial charge in [-0.15, -0.1) is 0 Å². The van der Waals surface area contributed by atoms with Crippen LogP contribution >= 0.6 is 0 Å². The molecule has 0 bridgehead atoms. The van der Waals surface area contributed by atoms with Crippen molar-refractivity contribution in [3.63, 3.8) is 0 Å². The minimum Gasteiger partial charge on any atom is -0.389 e. The van der Waals surface area contributed by atoms with E-state index in [1.165, 1.54) is 16.2 Å². The number of aliphatic hydroxyl groups excluding tert-OH is 1. The van der Waals surface area contributed by atoms with Crippen LogP contribution in [0, 0.1) is 0 Å². The van der Waals surface area contributed by atoms with Gasteiger partial charge in [-0.25, -0.2) is 10.2 Å². The number of fused-ring (bicyclic) bond motifs is 2. The highest BCUT2D eigenvalue weighted by Gasteiger charge is 2.23. The molecule has 1 amide bonds. The van der Waals surface area contributed by atoms with Crippen LogP contribution in [-0.2, 0) is 29.5 Å². The molecule has 12 heteroatoms. The molecule has 0 saturated carbocycles. The largest absolute Gasteiger partial charge is 0.389 e. The van der Waals surface area contributed by atoms with E-state index in [4.69, 9.17) is 4.74 Å². The summed E-state index contributed by atoms with van der Waals surface area (Å²) in [7, 11) is 1.47. The van der Waals surface area contributed by atoms with E-state index in [-0.39, 0.29) is 48.0 Å². The second-order valence-electron chi connectivity index (χ2n) is 8.03. The molecule has 3 aromatic rings. The molecule has 1 unspecified atom stereocenters. The first-order chi connectivity index (χ1) is 15.7. The monoisotopic (exact) mass is 455 g/mol. The van der Waals surface area contributed by atoms with Gasteiger partial charge in [0.2, 0.25) is 5.95 Å². The molecule has 0 saturated heterocycles. The molecule has 174 valence electrons. The zero-order chi connectivity index (χ0) is 23.7. The van der Waals surface area contributed by atoms with Gasteiger partial charge in [-0.2, -0.15) is 10.1 Å². The number of hydrazone groups is 1. The molecule has 2 aromatic heterocycles. The number of anilines is 2. The van der Waals surface area contributed by atoms with Gasteiger partial charge in [0.25, 0.3) is 11.5 Å². The maximum absolute atomic E-state index is 12.6. The molecule has 0 radical (unpaired) electrons. The fourth-order valence-corrected chi connectivity index (χ4v) is 3.52. The Bertz CT molecular complexity index is 1350. The number of carbonyl (C=O) groups excluding carboxylic acids is 1. The summed E-state index contributed by atoms with van der Waals surface area (Å²) in [5.41, 5.74) is 3.52. The van der Waals surface area contributed by atoms with E-state index in [2.05, 4.69) is 25.8 Å². The smallest absolute Gasteiger partial charge is 0.329 e. The normalized spacial score (nSPS) is 15.7. The Hall–Kier alpha value is -3.77. The van der Waals surface area contributed by atoms with Gasteiger partial charge in [-0.05, 0) is 25.5 Å². The summed E-state index contributed by atoms with van der Waals surface area (Å²) in [6.07, 6.45) is -0.737. The van der Waals surface area contributed by atoms with Crippen LogP contribution in [0.3, 0.4) is 0 Å². The van der Waals surface area contributed by atoms with E-state index in [0.29, 0.717) is 6.42 Å². The molecule has 1 aromatic carbocycles. The number of hydrogen-bond donors (Lipinski definition) is 4. The Balaban J connectivity index is 1.71. The fourth-order valence-electron chi connectivity index (χ4n) is 3.52. The van der Waals surface area contributed by atoms with Crippen molar-refractivity contribution in [2.45, 2.75) is 39.0 Å². The number of aromatic amines is 1. The van der Waals surface area contributed by atoms with Crippen molar-refractivity contribution < 1.29 is 14.6 Å². The van der Waals surface area contributed by atoms with E-state index in [9.17, 15) is 19.5 Å². The van der Waals surface area contributed by atoms with E-state index < -0.39 is 17.4 Å². The van der Waals surface area contributed by atoms with Crippen LogP contribution in [0.25, 0.3) is 11.2 Å². The lowest BCUT2D eigenvalue weighted by molar-refractivity contribution is -0.110. The summed E-state index contributed by atoms with van der Waals surface area (Å²) in [4.78, 5) is 43.6. The average molecular weight is 455 g/mol. The number of aliphatic hydroxyl groups is 1. The van der Waals surface area contributed by atoms with Gasteiger partial charge >= 0.3 is 5.69 Å². The van der Waals surface area contributed by atoms with Crippen LogP contribution in [0.5, 0.6) is 0 Å². The number of para-hydroxylation sites is 1. The number of ether oxygens (including phenoxy) is 1. The molecule has 4 rings (SSSR count). The van der Waals surface area contributed by atoms with Crippen molar-refractivity contribution in [1.29, 1.82) is 0 Å². The predicted molar refractivity (Wildman–Crippen MR) is 123 cm³/mol. The van der Waals surface area contributed by atoms with Crippen LogP contribution in [0.2, 0.25) is 0 Å². The number of carbonyl (C=O) groups is 1. The Kier molecular flexibility index (Phi) is 6.11. The number of amides is 1. The highest BCUT2D eigenvalue weighted by molar-refractivity contribution is 6.45. The first-order valence-corrected chi connectivity index (χ1v) is 10.5. The van der Waals surface area contributed by atoms with Crippen LogP contribution in [0.4, 0.5) is 11.6 Å². The molecule has 1 aliphatic heterocycles. The van der Waals surface area contributed by atoms with Crippen LogP contribution in [0.15, 0.2) is 39.0 Å². The van der Waals surface area contributed by atoms with Gasteiger partial charge in [0.15, 0.2) is 11.2 Å². The predicted octanol–water partition coefficient (Wildman–Crippen LogP) is 0.172. The molecule has 33 heavy (non-hydrogen) atoms. The highest BCUT2D eigenvalue weighted by atomic mass is 16.5. The first-order valence-electron chi connectivity index (χ1n) is 10.5. The quantitative estimate of drug-likeness (QED) is 0.370. The number of imidazole rings is 1.